The van der Waals surface area contributed by atoms with Crippen LogP contribution in [0.5, 0.6) is 0 Å². The van der Waals surface area contributed by atoms with Gasteiger partial charge in [0.25, 0.3) is 0 Å². The summed E-state index contributed by atoms with van der Waals surface area (Å²) < 4.78 is 0. The minimum Gasteiger partial charge on any atom is -0.481 e. The summed E-state index contributed by atoms with van der Waals surface area (Å²) in [7, 11) is 0. The highest BCUT2D eigenvalue weighted by atomic mass is 32.1. The van der Waals surface area contributed by atoms with Crippen molar-refractivity contribution in [2.75, 3.05) is 0 Å². The van der Waals surface area contributed by atoms with E-state index in [9.17, 15) is 4.79 Å². The molecule has 1 heterocycles. The molecule has 2 unspecified atom stereocenters. The Morgan fingerprint density at radius 3 is 2.92 bits per heavy atom. The molecule has 1 aromatic heterocycles. The van der Waals surface area contributed by atoms with Crippen molar-refractivity contribution in [2.45, 2.75) is 25.3 Å². The number of carboxylic acid groups (broad SMARTS) is 1. The summed E-state index contributed by atoms with van der Waals surface area (Å²) in [4.78, 5) is 15.4. The predicted molar refractivity (Wildman–Crippen MR) is 50.8 cm³/mol. The van der Waals surface area contributed by atoms with Crippen LogP contribution in [-0.4, -0.2) is 22.1 Å². The van der Waals surface area contributed by atoms with Gasteiger partial charge in [-0.2, -0.15) is 0 Å². The first kappa shape index (κ1) is 10.1. The van der Waals surface area contributed by atoms with Crippen LogP contribution in [0.2, 0.25) is 0 Å². The molecule has 5 heteroatoms. The molecule has 0 amide bonds. The number of nitrogens with zero attached hydrogens (tertiary/aromatic N) is 1. The Morgan fingerprint density at radius 1 is 1.85 bits per heavy atom. The molecule has 3 N–H and O–H groups in total. The van der Waals surface area contributed by atoms with Gasteiger partial charge in [0.15, 0.2) is 0 Å². The zero-order valence-corrected chi connectivity index (χ0v) is 8.12. The van der Waals surface area contributed by atoms with Gasteiger partial charge in [0.1, 0.15) is 0 Å². The second-order valence-corrected chi connectivity index (χ2v) is 3.89. The maximum absolute atomic E-state index is 10.5. The Hall–Kier alpha value is -0.940. The Bertz CT molecular complexity index is 272. The quantitative estimate of drug-likeness (QED) is 0.761. The molecule has 0 fully saturated rings. The van der Waals surface area contributed by atoms with Crippen molar-refractivity contribution < 1.29 is 9.90 Å². The number of carboxylic acids is 1. The van der Waals surface area contributed by atoms with Crippen LogP contribution in [0, 0.1) is 0 Å². The van der Waals surface area contributed by atoms with E-state index < -0.39 is 5.97 Å². The third kappa shape index (κ3) is 2.78. The van der Waals surface area contributed by atoms with Crippen LogP contribution in [0.15, 0.2) is 11.7 Å². The van der Waals surface area contributed by atoms with Crippen LogP contribution < -0.4 is 5.73 Å². The van der Waals surface area contributed by atoms with Crippen LogP contribution in [0.3, 0.4) is 0 Å². The van der Waals surface area contributed by atoms with Gasteiger partial charge >= 0.3 is 5.97 Å². The monoisotopic (exact) mass is 200 g/mol. The Balaban J connectivity index is 2.74. The van der Waals surface area contributed by atoms with Gasteiger partial charge < -0.3 is 10.8 Å². The van der Waals surface area contributed by atoms with Gasteiger partial charge in [0, 0.05) is 23.0 Å². The van der Waals surface area contributed by atoms with E-state index in [4.69, 9.17) is 10.8 Å². The summed E-state index contributed by atoms with van der Waals surface area (Å²) in [5.74, 6) is -0.944. The van der Waals surface area contributed by atoms with Crippen LogP contribution in [0.1, 0.15) is 24.1 Å². The van der Waals surface area contributed by atoms with Crippen LogP contribution in [0.4, 0.5) is 0 Å². The predicted octanol–water partition coefficient (Wildman–Crippen LogP) is 1.05. The lowest BCUT2D eigenvalue weighted by Crippen LogP contribution is -2.26. The van der Waals surface area contributed by atoms with Gasteiger partial charge in [0.2, 0.25) is 0 Å². The molecular formula is C8H12N2O2S. The van der Waals surface area contributed by atoms with E-state index in [0.717, 1.165) is 4.88 Å². The lowest BCUT2D eigenvalue weighted by molar-refractivity contribution is -0.137. The number of thiazole rings is 1. The number of hydrogen-bond acceptors (Lipinski definition) is 4. The summed E-state index contributed by atoms with van der Waals surface area (Å²) in [5.41, 5.74) is 7.38. The van der Waals surface area contributed by atoms with Crippen molar-refractivity contribution in [3.05, 3.63) is 16.6 Å². The minimum atomic E-state index is -0.823. The summed E-state index contributed by atoms with van der Waals surface area (Å²) in [6, 6.07) is -0.156. The van der Waals surface area contributed by atoms with Crippen molar-refractivity contribution in [1.82, 2.24) is 4.98 Å². The molecule has 13 heavy (non-hydrogen) atoms. The number of aliphatic carboxylic acids is 1. The topological polar surface area (TPSA) is 76.2 Å². The first-order chi connectivity index (χ1) is 6.11. The zero-order chi connectivity index (χ0) is 9.84. The van der Waals surface area contributed by atoms with Gasteiger partial charge in [0.05, 0.1) is 11.9 Å². The second kappa shape index (κ2) is 4.34. The van der Waals surface area contributed by atoms with E-state index in [1.165, 1.54) is 11.3 Å². The van der Waals surface area contributed by atoms with Crippen LogP contribution in [-0.2, 0) is 4.79 Å². The van der Waals surface area contributed by atoms with E-state index in [2.05, 4.69) is 4.98 Å². The fourth-order valence-corrected chi connectivity index (χ4v) is 1.98. The second-order valence-electron chi connectivity index (χ2n) is 2.97. The van der Waals surface area contributed by atoms with E-state index >= 15 is 0 Å². The third-order valence-electron chi connectivity index (χ3n) is 1.85. The van der Waals surface area contributed by atoms with Crippen LogP contribution in [0.25, 0.3) is 0 Å². The van der Waals surface area contributed by atoms with E-state index in [1.54, 1.807) is 11.7 Å². The molecule has 0 aromatic carbocycles. The SMILES string of the molecule is CC(N)C(CC(=O)O)c1cncs1. The van der Waals surface area contributed by atoms with E-state index in [1.807, 2.05) is 6.92 Å². The Labute approximate surface area is 80.4 Å². The first-order valence-electron chi connectivity index (χ1n) is 3.97. The number of aromatic nitrogens is 1. The summed E-state index contributed by atoms with van der Waals surface area (Å²) in [6.07, 6.45) is 1.75. The molecule has 1 rings (SSSR count). The van der Waals surface area contributed by atoms with Gasteiger partial charge in [-0.25, -0.2) is 0 Å². The molecule has 72 valence electrons. The third-order valence-corrected chi connectivity index (χ3v) is 2.75. The average Bonchev–Trinajstić information content (AvgIpc) is 2.50. The van der Waals surface area contributed by atoms with Crippen molar-refractivity contribution >= 4 is 17.3 Å². The normalized spacial score (nSPS) is 15.2. The molecule has 0 saturated carbocycles. The summed E-state index contributed by atoms with van der Waals surface area (Å²) in [5, 5.41) is 8.66. The molecule has 4 nitrogen and oxygen atoms in total. The highest BCUT2D eigenvalue weighted by Gasteiger charge is 2.20. The maximum Gasteiger partial charge on any atom is 0.304 e. The molecule has 1 aromatic rings. The first-order valence-corrected chi connectivity index (χ1v) is 4.85. The molecule has 0 aliphatic heterocycles. The largest absolute Gasteiger partial charge is 0.481 e. The van der Waals surface area contributed by atoms with Crippen molar-refractivity contribution in [3.8, 4) is 0 Å². The molecule has 0 saturated heterocycles. The van der Waals surface area contributed by atoms with E-state index in [0.29, 0.717) is 0 Å². The fourth-order valence-electron chi connectivity index (χ4n) is 1.14. The van der Waals surface area contributed by atoms with Gasteiger partial charge in [-0.15, -0.1) is 11.3 Å². The van der Waals surface area contributed by atoms with Gasteiger partial charge in [-0.05, 0) is 6.92 Å². The average molecular weight is 200 g/mol. The molecule has 2 atom stereocenters. The smallest absolute Gasteiger partial charge is 0.304 e. The summed E-state index contributed by atoms with van der Waals surface area (Å²) in [6.45, 7) is 1.81. The van der Waals surface area contributed by atoms with Crippen molar-refractivity contribution in [1.29, 1.82) is 0 Å². The zero-order valence-electron chi connectivity index (χ0n) is 7.30. The molecule has 0 spiro atoms. The minimum absolute atomic E-state index is 0.0693. The fraction of sp³-hybridized carbons (Fsp3) is 0.500. The lowest BCUT2D eigenvalue weighted by atomic mass is 9.97. The maximum atomic E-state index is 10.5. The Kier molecular flexibility index (Phi) is 3.39. The highest BCUT2D eigenvalue weighted by molar-refractivity contribution is 7.09. The van der Waals surface area contributed by atoms with Crippen LogP contribution >= 0.6 is 11.3 Å². The van der Waals surface area contributed by atoms with Crippen molar-refractivity contribution in [2.24, 2.45) is 5.73 Å². The number of hydrogen-bond donors (Lipinski definition) is 2. The number of carbonyl (C=O) groups is 1. The van der Waals surface area contributed by atoms with Gasteiger partial charge in [-0.3, -0.25) is 9.78 Å². The highest BCUT2D eigenvalue weighted by Crippen LogP contribution is 2.25. The lowest BCUT2D eigenvalue weighted by Gasteiger charge is -2.16. The Morgan fingerprint density at radius 2 is 2.54 bits per heavy atom. The standard InChI is InChI=1S/C8H12N2O2S/c1-5(9)6(2-8(11)12)7-3-10-4-13-7/h3-6H,2,9H2,1H3,(H,11,12). The molecule has 0 aliphatic carbocycles. The number of nitrogens with two attached hydrogens (primary N) is 1. The van der Waals surface area contributed by atoms with Crippen molar-refractivity contribution in [3.63, 3.8) is 0 Å². The van der Waals surface area contributed by atoms with Gasteiger partial charge in [-0.1, -0.05) is 0 Å². The number of rotatable bonds is 4. The molecule has 0 aliphatic rings. The van der Waals surface area contributed by atoms with E-state index in [-0.39, 0.29) is 18.4 Å². The molecular weight excluding hydrogens is 188 g/mol. The molecule has 0 bridgehead atoms. The molecule has 0 radical (unpaired) electrons. The summed E-state index contributed by atoms with van der Waals surface area (Å²) >= 11 is 1.45.